The minimum atomic E-state index is -0.509. The predicted molar refractivity (Wildman–Crippen MR) is 79.6 cm³/mol. The number of rotatable bonds is 5. The second kappa shape index (κ2) is 6.23. The van der Waals surface area contributed by atoms with E-state index in [-0.39, 0.29) is 0 Å². The predicted octanol–water partition coefficient (Wildman–Crippen LogP) is 2.45. The van der Waals surface area contributed by atoms with Crippen LogP contribution in [0.4, 0.5) is 0 Å². The summed E-state index contributed by atoms with van der Waals surface area (Å²) in [5, 5.41) is 14.1. The van der Waals surface area contributed by atoms with Gasteiger partial charge in [0.25, 0.3) is 0 Å². The number of hydrogen-bond acceptors (Lipinski definition) is 3. The largest absolute Gasteiger partial charge is 0.389 e. The molecule has 0 aliphatic carbocycles. The number of benzene rings is 1. The van der Waals surface area contributed by atoms with Crippen LogP contribution in [0.3, 0.4) is 0 Å². The second-order valence-corrected chi connectivity index (χ2v) is 6.14. The van der Waals surface area contributed by atoms with Gasteiger partial charge in [-0.1, -0.05) is 23.7 Å². The monoisotopic (exact) mass is 282 g/mol. The summed E-state index contributed by atoms with van der Waals surface area (Å²) < 4.78 is 0. The molecule has 0 spiro atoms. The summed E-state index contributed by atoms with van der Waals surface area (Å²) >= 11 is 6.04. The summed E-state index contributed by atoms with van der Waals surface area (Å²) in [7, 11) is 1.98. The second-order valence-electron chi connectivity index (χ2n) is 5.71. The van der Waals surface area contributed by atoms with Gasteiger partial charge in [-0.2, -0.15) is 0 Å². The molecule has 2 N–H and O–H groups in total. The lowest BCUT2D eigenvalue weighted by molar-refractivity contribution is 0.0683. The maximum atomic E-state index is 9.97. The lowest BCUT2D eigenvalue weighted by Crippen LogP contribution is -2.31. The molecule has 0 radical (unpaired) electrons. The minimum absolute atomic E-state index is 0.309. The van der Waals surface area contributed by atoms with Crippen LogP contribution in [0.1, 0.15) is 31.4 Å². The highest BCUT2D eigenvalue weighted by atomic mass is 35.5. The zero-order valence-electron chi connectivity index (χ0n) is 11.7. The Hall–Kier alpha value is -0.610. The molecule has 1 aliphatic rings. The van der Waals surface area contributed by atoms with Crippen LogP contribution in [0.5, 0.6) is 0 Å². The maximum absolute atomic E-state index is 9.97. The number of nitrogens with zero attached hydrogens (tertiary/aromatic N) is 1. The van der Waals surface area contributed by atoms with Gasteiger partial charge < -0.3 is 15.3 Å². The van der Waals surface area contributed by atoms with Crippen molar-refractivity contribution < 1.29 is 5.11 Å². The summed E-state index contributed by atoms with van der Waals surface area (Å²) in [5.41, 5.74) is 0.714. The molecule has 2 rings (SSSR count). The molecular formula is C15H23ClN2O. The van der Waals surface area contributed by atoms with Crippen LogP contribution >= 0.6 is 11.6 Å². The Kier molecular flexibility index (Phi) is 4.85. The van der Waals surface area contributed by atoms with E-state index in [0.29, 0.717) is 6.04 Å². The highest BCUT2D eigenvalue weighted by molar-refractivity contribution is 6.30. The molecule has 1 aliphatic heterocycles. The van der Waals surface area contributed by atoms with Gasteiger partial charge in [-0.25, -0.2) is 0 Å². The smallest absolute Gasteiger partial charge is 0.0758 e. The molecule has 1 fully saturated rings. The van der Waals surface area contributed by atoms with E-state index in [4.69, 9.17) is 11.6 Å². The molecule has 0 amide bonds. The molecule has 0 saturated carbocycles. The molecule has 3 nitrogen and oxygen atoms in total. The molecule has 19 heavy (non-hydrogen) atoms. The SMILES string of the molecule is CNC(CCN1CCC(C)(O)C1)c1cccc(Cl)c1. The van der Waals surface area contributed by atoms with E-state index in [9.17, 15) is 5.11 Å². The van der Waals surface area contributed by atoms with Crippen molar-refractivity contribution >= 4 is 11.6 Å². The van der Waals surface area contributed by atoms with Crippen molar-refractivity contribution in [2.45, 2.75) is 31.4 Å². The third-order valence-corrected chi connectivity index (χ3v) is 4.10. The fourth-order valence-electron chi connectivity index (χ4n) is 2.74. The molecule has 1 aromatic rings. The van der Waals surface area contributed by atoms with Crippen LogP contribution in [0, 0.1) is 0 Å². The lowest BCUT2D eigenvalue weighted by Gasteiger charge is -2.22. The fourth-order valence-corrected chi connectivity index (χ4v) is 2.94. The molecule has 2 atom stereocenters. The van der Waals surface area contributed by atoms with E-state index in [1.165, 1.54) is 5.56 Å². The van der Waals surface area contributed by atoms with E-state index in [1.54, 1.807) is 0 Å². The van der Waals surface area contributed by atoms with Gasteiger partial charge in [0, 0.05) is 30.7 Å². The zero-order chi connectivity index (χ0) is 13.9. The number of likely N-dealkylation sites (tertiary alicyclic amines) is 1. The van der Waals surface area contributed by atoms with E-state index < -0.39 is 5.60 Å². The van der Waals surface area contributed by atoms with Crippen LogP contribution in [-0.4, -0.2) is 42.3 Å². The van der Waals surface area contributed by atoms with E-state index in [1.807, 2.05) is 32.2 Å². The third kappa shape index (κ3) is 4.18. The van der Waals surface area contributed by atoms with Crippen molar-refractivity contribution in [2.24, 2.45) is 0 Å². The van der Waals surface area contributed by atoms with Crippen LogP contribution in [-0.2, 0) is 0 Å². The Balaban J connectivity index is 1.90. The molecule has 4 heteroatoms. The van der Waals surface area contributed by atoms with Gasteiger partial charge in [0.1, 0.15) is 0 Å². The van der Waals surface area contributed by atoms with Gasteiger partial charge in [0.15, 0.2) is 0 Å². The summed E-state index contributed by atoms with van der Waals surface area (Å²) in [6, 6.07) is 8.32. The molecule has 2 unspecified atom stereocenters. The van der Waals surface area contributed by atoms with Crippen molar-refractivity contribution in [3.8, 4) is 0 Å². The number of nitrogens with one attached hydrogen (secondary N) is 1. The van der Waals surface area contributed by atoms with Crippen molar-refractivity contribution in [3.05, 3.63) is 34.9 Å². The average Bonchev–Trinajstić information content (AvgIpc) is 2.70. The Labute approximate surface area is 120 Å². The van der Waals surface area contributed by atoms with Crippen LogP contribution in [0.15, 0.2) is 24.3 Å². The van der Waals surface area contributed by atoms with Gasteiger partial charge >= 0.3 is 0 Å². The van der Waals surface area contributed by atoms with Crippen molar-refractivity contribution in [1.82, 2.24) is 10.2 Å². The van der Waals surface area contributed by atoms with E-state index >= 15 is 0 Å². The van der Waals surface area contributed by atoms with Crippen molar-refractivity contribution in [3.63, 3.8) is 0 Å². The highest BCUT2D eigenvalue weighted by Crippen LogP contribution is 2.24. The number of hydrogen-bond donors (Lipinski definition) is 2. The highest BCUT2D eigenvalue weighted by Gasteiger charge is 2.31. The van der Waals surface area contributed by atoms with E-state index in [0.717, 1.165) is 37.5 Å². The summed E-state index contributed by atoms with van der Waals surface area (Å²) in [4.78, 5) is 2.33. The van der Waals surface area contributed by atoms with Gasteiger partial charge in [0.05, 0.1) is 5.60 Å². The first-order valence-electron chi connectivity index (χ1n) is 6.88. The van der Waals surface area contributed by atoms with Crippen molar-refractivity contribution in [2.75, 3.05) is 26.7 Å². The Morgan fingerprint density at radius 1 is 1.53 bits per heavy atom. The average molecular weight is 283 g/mol. The summed E-state index contributed by atoms with van der Waals surface area (Å²) in [5.74, 6) is 0. The lowest BCUT2D eigenvalue weighted by atomic mass is 10.0. The molecule has 0 bridgehead atoms. The number of β-amino-alcohol motifs (C(OH)–C–C–N with tert-alkyl or cyclic N) is 1. The molecule has 1 saturated heterocycles. The first-order valence-corrected chi connectivity index (χ1v) is 7.25. The zero-order valence-corrected chi connectivity index (χ0v) is 12.5. The van der Waals surface area contributed by atoms with Gasteiger partial charge in [0.2, 0.25) is 0 Å². The van der Waals surface area contributed by atoms with E-state index in [2.05, 4.69) is 16.3 Å². The van der Waals surface area contributed by atoms with Crippen molar-refractivity contribution in [1.29, 1.82) is 0 Å². The fraction of sp³-hybridized carbons (Fsp3) is 0.600. The first kappa shape index (κ1) is 14.8. The van der Waals surface area contributed by atoms with Crippen LogP contribution in [0.2, 0.25) is 5.02 Å². The van der Waals surface area contributed by atoms with Gasteiger partial charge in [-0.15, -0.1) is 0 Å². The Bertz CT molecular complexity index is 422. The molecule has 0 aromatic heterocycles. The van der Waals surface area contributed by atoms with Gasteiger partial charge in [-0.3, -0.25) is 0 Å². The number of halogens is 1. The van der Waals surface area contributed by atoms with Crippen LogP contribution in [0.25, 0.3) is 0 Å². The Morgan fingerprint density at radius 2 is 2.32 bits per heavy atom. The summed E-state index contributed by atoms with van der Waals surface area (Å²) in [6.07, 6.45) is 1.89. The summed E-state index contributed by atoms with van der Waals surface area (Å²) in [6.45, 7) is 4.67. The first-order chi connectivity index (χ1) is 9.00. The molecule has 1 aromatic carbocycles. The topological polar surface area (TPSA) is 35.5 Å². The number of aliphatic hydroxyl groups is 1. The standard InChI is InChI=1S/C15H23ClN2O/c1-15(19)7-9-18(11-15)8-6-14(17-2)12-4-3-5-13(16)10-12/h3-5,10,14,17,19H,6-9,11H2,1-2H3. The Morgan fingerprint density at radius 3 is 2.89 bits per heavy atom. The molecular weight excluding hydrogens is 260 g/mol. The molecule has 1 heterocycles. The quantitative estimate of drug-likeness (QED) is 0.871. The normalized spacial score (nSPS) is 25.7. The molecule has 106 valence electrons. The third-order valence-electron chi connectivity index (χ3n) is 3.86. The van der Waals surface area contributed by atoms with Gasteiger partial charge in [-0.05, 0) is 44.5 Å². The maximum Gasteiger partial charge on any atom is 0.0758 e. The van der Waals surface area contributed by atoms with Crippen LogP contribution < -0.4 is 5.32 Å². The minimum Gasteiger partial charge on any atom is -0.389 e.